The molecule has 1 fully saturated rings. The first-order valence-corrected chi connectivity index (χ1v) is 9.85. The van der Waals surface area contributed by atoms with E-state index in [9.17, 15) is 13.2 Å². The average molecular weight is 338 g/mol. The maximum Gasteiger partial charge on any atom is 0.222 e. The number of amides is 1. The quantitative estimate of drug-likeness (QED) is 0.823. The Kier molecular flexibility index (Phi) is 6.18. The van der Waals surface area contributed by atoms with Crippen LogP contribution in [0.1, 0.15) is 30.9 Å². The predicted octanol–water partition coefficient (Wildman–Crippen LogP) is 1.81. The van der Waals surface area contributed by atoms with Crippen LogP contribution in [0.25, 0.3) is 0 Å². The zero-order valence-corrected chi connectivity index (χ0v) is 14.8. The molecule has 1 amide bonds. The molecule has 1 aliphatic rings. The van der Waals surface area contributed by atoms with Crippen LogP contribution in [0.5, 0.6) is 0 Å². The summed E-state index contributed by atoms with van der Waals surface area (Å²) in [6, 6.07) is 8.10. The molecule has 0 N–H and O–H groups in total. The Morgan fingerprint density at radius 1 is 1.13 bits per heavy atom. The van der Waals surface area contributed by atoms with E-state index in [1.807, 2.05) is 17.0 Å². The van der Waals surface area contributed by atoms with Crippen LogP contribution >= 0.6 is 0 Å². The maximum atomic E-state index is 12.4. The summed E-state index contributed by atoms with van der Waals surface area (Å²) in [6.07, 6.45) is 1.92. The number of sulfonamides is 1. The van der Waals surface area contributed by atoms with Crippen molar-refractivity contribution in [2.24, 2.45) is 0 Å². The molecular formula is C17H26N2O3S. The number of carbonyl (C=O) groups is 1. The Morgan fingerprint density at radius 3 is 2.57 bits per heavy atom. The van der Waals surface area contributed by atoms with Gasteiger partial charge >= 0.3 is 0 Å². The van der Waals surface area contributed by atoms with Gasteiger partial charge in [-0.15, -0.1) is 0 Å². The van der Waals surface area contributed by atoms with Gasteiger partial charge in [0.05, 0.1) is 5.75 Å². The van der Waals surface area contributed by atoms with Gasteiger partial charge in [0.25, 0.3) is 0 Å². The van der Waals surface area contributed by atoms with Crippen LogP contribution < -0.4 is 0 Å². The van der Waals surface area contributed by atoms with E-state index in [2.05, 4.69) is 19.1 Å². The van der Waals surface area contributed by atoms with Gasteiger partial charge < -0.3 is 4.90 Å². The number of hydrogen-bond donors (Lipinski definition) is 0. The summed E-state index contributed by atoms with van der Waals surface area (Å²) in [5, 5.41) is 0. The number of benzene rings is 1. The largest absolute Gasteiger partial charge is 0.341 e. The van der Waals surface area contributed by atoms with Crippen molar-refractivity contribution in [3.05, 3.63) is 35.4 Å². The normalized spacial score (nSPS) is 17.0. The lowest BCUT2D eigenvalue weighted by Gasteiger charge is -2.21. The second-order valence-electron chi connectivity index (χ2n) is 5.96. The minimum atomic E-state index is -3.16. The summed E-state index contributed by atoms with van der Waals surface area (Å²) in [4.78, 5) is 14.2. The molecule has 0 saturated carbocycles. The summed E-state index contributed by atoms with van der Waals surface area (Å²) < 4.78 is 25.4. The molecule has 0 bridgehead atoms. The highest BCUT2D eigenvalue weighted by molar-refractivity contribution is 7.89. The molecule has 1 heterocycles. The lowest BCUT2D eigenvalue weighted by Crippen LogP contribution is -2.38. The zero-order valence-electron chi connectivity index (χ0n) is 14.0. The molecule has 1 aliphatic heterocycles. The predicted molar refractivity (Wildman–Crippen MR) is 91.7 cm³/mol. The van der Waals surface area contributed by atoms with Crippen molar-refractivity contribution in [3.8, 4) is 0 Å². The molecule has 128 valence electrons. The van der Waals surface area contributed by atoms with E-state index < -0.39 is 10.0 Å². The highest BCUT2D eigenvalue weighted by Gasteiger charge is 2.25. The van der Waals surface area contributed by atoms with Gasteiger partial charge in [-0.25, -0.2) is 12.7 Å². The molecule has 0 aliphatic carbocycles. The third-order valence-electron chi connectivity index (χ3n) is 4.44. The first-order chi connectivity index (χ1) is 10.9. The molecule has 0 spiro atoms. The van der Waals surface area contributed by atoms with Crippen molar-refractivity contribution in [1.29, 1.82) is 0 Å². The first kappa shape index (κ1) is 17.9. The monoisotopic (exact) mass is 338 g/mol. The lowest BCUT2D eigenvalue weighted by molar-refractivity contribution is -0.131. The van der Waals surface area contributed by atoms with Crippen molar-refractivity contribution in [1.82, 2.24) is 9.21 Å². The SMILES string of the molecule is CCS(=O)(=O)N1CCCN(C(=O)CCc2ccccc2C)CC1. The summed E-state index contributed by atoms with van der Waals surface area (Å²) in [5.74, 6) is 0.234. The zero-order chi connectivity index (χ0) is 16.9. The number of nitrogens with zero attached hydrogens (tertiary/aromatic N) is 2. The fraction of sp³-hybridized carbons (Fsp3) is 0.588. The molecule has 6 heteroatoms. The van der Waals surface area contributed by atoms with E-state index in [1.165, 1.54) is 15.4 Å². The molecular weight excluding hydrogens is 312 g/mol. The van der Waals surface area contributed by atoms with E-state index in [0.29, 0.717) is 39.0 Å². The molecule has 23 heavy (non-hydrogen) atoms. The van der Waals surface area contributed by atoms with E-state index in [1.54, 1.807) is 6.92 Å². The Morgan fingerprint density at radius 2 is 1.87 bits per heavy atom. The second-order valence-corrected chi connectivity index (χ2v) is 8.22. The third kappa shape index (κ3) is 4.78. The van der Waals surface area contributed by atoms with Crippen LogP contribution in [0.3, 0.4) is 0 Å². The van der Waals surface area contributed by atoms with E-state index in [-0.39, 0.29) is 11.7 Å². The van der Waals surface area contributed by atoms with Crippen LogP contribution in [0.2, 0.25) is 0 Å². The fourth-order valence-electron chi connectivity index (χ4n) is 2.89. The molecule has 1 saturated heterocycles. The van der Waals surface area contributed by atoms with Crippen LogP contribution in [-0.4, -0.2) is 55.5 Å². The van der Waals surface area contributed by atoms with Crippen molar-refractivity contribution in [2.45, 2.75) is 33.1 Å². The number of carbonyl (C=O) groups excluding carboxylic acids is 1. The van der Waals surface area contributed by atoms with Crippen LogP contribution in [0.15, 0.2) is 24.3 Å². The molecule has 5 nitrogen and oxygen atoms in total. The highest BCUT2D eigenvalue weighted by atomic mass is 32.2. The Hall–Kier alpha value is -1.40. The van der Waals surface area contributed by atoms with Gasteiger partial charge in [0.15, 0.2) is 0 Å². The van der Waals surface area contributed by atoms with E-state index in [0.717, 1.165) is 6.42 Å². The summed E-state index contributed by atoms with van der Waals surface area (Å²) >= 11 is 0. The molecule has 1 aromatic rings. The van der Waals surface area contributed by atoms with Crippen molar-refractivity contribution in [3.63, 3.8) is 0 Å². The molecule has 2 rings (SSSR count). The maximum absolute atomic E-state index is 12.4. The Bertz CT molecular complexity index is 643. The van der Waals surface area contributed by atoms with Crippen molar-refractivity contribution in [2.75, 3.05) is 31.9 Å². The van der Waals surface area contributed by atoms with Crippen molar-refractivity contribution < 1.29 is 13.2 Å². The molecule has 0 radical (unpaired) electrons. The summed E-state index contributed by atoms with van der Waals surface area (Å²) in [6.45, 7) is 5.77. The third-order valence-corrected chi connectivity index (χ3v) is 6.32. The number of aryl methyl sites for hydroxylation is 2. The smallest absolute Gasteiger partial charge is 0.222 e. The van der Waals surface area contributed by atoms with Gasteiger partial charge in [0.1, 0.15) is 0 Å². The molecule has 1 aromatic carbocycles. The molecule has 0 atom stereocenters. The molecule has 0 unspecified atom stereocenters. The van der Waals surface area contributed by atoms with Crippen LogP contribution in [-0.2, 0) is 21.2 Å². The minimum absolute atomic E-state index is 0.115. The van der Waals surface area contributed by atoms with E-state index >= 15 is 0 Å². The van der Waals surface area contributed by atoms with Crippen LogP contribution in [0, 0.1) is 6.92 Å². The van der Waals surface area contributed by atoms with E-state index in [4.69, 9.17) is 0 Å². The van der Waals surface area contributed by atoms with Gasteiger partial charge in [-0.05, 0) is 37.8 Å². The van der Waals surface area contributed by atoms with Crippen molar-refractivity contribution >= 4 is 15.9 Å². The standard InChI is InChI=1S/C17H26N2O3S/c1-3-23(21,22)19-12-6-11-18(13-14-19)17(20)10-9-16-8-5-4-7-15(16)2/h4-5,7-8H,3,6,9-14H2,1-2H3. The lowest BCUT2D eigenvalue weighted by atomic mass is 10.0. The van der Waals surface area contributed by atoms with Gasteiger partial charge in [-0.2, -0.15) is 0 Å². The molecule has 0 aromatic heterocycles. The van der Waals surface area contributed by atoms with Crippen LogP contribution in [0.4, 0.5) is 0 Å². The average Bonchev–Trinajstić information content (AvgIpc) is 2.80. The fourth-order valence-corrected chi connectivity index (χ4v) is 4.03. The van der Waals surface area contributed by atoms with Gasteiger partial charge in [0.2, 0.25) is 15.9 Å². The number of hydrogen-bond acceptors (Lipinski definition) is 3. The Labute approximate surface area is 139 Å². The highest BCUT2D eigenvalue weighted by Crippen LogP contribution is 2.13. The van der Waals surface area contributed by atoms with Gasteiger partial charge in [0, 0.05) is 32.6 Å². The Balaban J connectivity index is 1.90. The summed E-state index contributed by atoms with van der Waals surface area (Å²) in [5.41, 5.74) is 2.40. The topological polar surface area (TPSA) is 57.7 Å². The number of rotatable bonds is 5. The first-order valence-electron chi connectivity index (χ1n) is 8.24. The van der Waals surface area contributed by atoms with Gasteiger partial charge in [-0.1, -0.05) is 24.3 Å². The second kappa shape index (κ2) is 7.93. The van der Waals surface area contributed by atoms with Gasteiger partial charge in [-0.3, -0.25) is 4.79 Å². The summed E-state index contributed by atoms with van der Waals surface area (Å²) in [7, 11) is -3.16. The minimum Gasteiger partial charge on any atom is -0.341 e.